The molecule has 0 saturated carbocycles. The lowest BCUT2D eigenvalue weighted by atomic mass is 10.3. The number of aliphatic hydroxyl groups excluding tert-OH is 1. The van der Waals surface area contributed by atoms with Crippen molar-refractivity contribution in [2.75, 3.05) is 50.2 Å². The van der Waals surface area contributed by atoms with Crippen molar-refractivity contribution in [3.63, 3.8) is 0 Å². The minimum Gasteiger partial charge on any atom is -0.394 e. The largest absolute Gasteiger partial charge is 0.394 e. The molecule has 0 aliphatic heterocycles. The quantitative estimate of drug-likeness (QED) is 0.662. The summed E-state index contributed by atoms with van der Waals surface area (Å²) in [7, 11) is 2.00. The first-order chi connectivity index (χ1) is 8.27. The van der Waals surface area contributed by atoms with Crippen molar-refractivity contribution in [2.24, 2.45) is 0 Å². The number of aliphatic hydroxyl groups is 1. The molecule has 0 bridgehead atoms. The molecule has 0 unspecified atom stereocenters. The number of hydrogen-bond acceptors (Lipinski definition) is 5. The van der Waals surface area contributed by atoms with Crippen molar-refractivity contribution in [3.05, 3.63) is 18.5 Å². The van der Waals surface area contributed by atoms with Crippen LogP contribution in [0.1, 0.15) is 6.92 Å². The van der Waals surface area contributed by atoms with Gasteiger partial charge < -0.3 is 20.1 Å². The monoisotopic (exact) mass is 239 g/mol. The molecule has 0 aliphatic carbocycles. The Bertz CT molecular complexity index is 320. The van der Waals surface area contributed by atoms with Gasteiger partial charge in [-0.1, -0.05) is 0 Å². The van der Waals surface area contributed by atoms with Crippen LogP contribution in [0.25, 0.3) is 0 Å². The van der Waals surface area contributed by atoms with Gasteiger partial charge in [0, 0.05) is 20.1 Å². The Morgan fingerprint density at radius 3 is 2.94 bits per heavy atom. The number of likely N-dealkylation sites (N-methyl/N-ethyl adjacent to an activating group) is 1. The summed E-state index contributed by atoms with van der Waals surface area (Å²) < 4.78 is 5.22. The average Bonchev–Trinajstić information content (AvgIpc) is 2.35. The maximum atomic E-state index is 8.59. The molecule has 2 N–H and O–H groups in total. The van der Waals surface area contributed by atoms with Crippen LogP contribution < -0.4 is 10.2 Å². The maximum Gasteiger partial charge on any atom is 0.0698 e. The van der Waals surface area contributed by atoms with Crippen LogP contribution in [0.15, 0.2) is 18.5 Å². The molecule has 0 atom stereocenters. The van der Waals surface area contributed by atoms with Gasteiger partial charge in [-0.15, -0.1) is 0 Å². The van der Waals surface area contributed by atoms with E-state index in [4.69, 9.17) is 9.84 Å². The number of pyridine rings is 1. The van der Waals surface area contributed by atoms with Crippen molar-refractivity contribution in [1.29, 1.82) is 0 Å². The fourth-order valence-corrected chi connectivity index (χ4v) is 1.43. The standard InChI is InChI=1S/C12H21N3O2/c1-3-14-11-8-12(10-13-9-11)15(2)4-6-17-7-5-16/h8-10,14,16H,3-7H2,1-2H3. The highest BCUT2D eigenvalue weighted by Crippen LogP contribution is 2.15. The van der Waals surface area contributed by atoms with E-state index in [9.17, 15) is 0 Å². The first kappa shape index (κ1) is 13.7. The highest BCUT2D eigenvalue weighted by Gasteiger charge is 2.02. The Hall–Kier alpha value is -1.33. The first-order valence-corrected chi connectivity index (χ1v) is 5.86. The molecule has 1 aromatic heterocycles. The summed E-state index contributed by atoms with van der Waals surface area (Å²) >= 11 is 0. The van der Waals surface area contributed by atoms with Crippen LogP contribution in [0.5, 0.6) is 0 Å². The molecule has 5 nitrogen and oxygen atoms in total. The first-order valence-electron chi connectivity index (χ1n) is 5.86. The second kappa shape index (κ2) is 7.86. The zero-order valence-corrected chi connectivity index (χ0v) is 10.5. The average molecular weight is 239 g/mol. The molecule has 0 aliphatic rings. The summed E-state index contributed by atoms with van der Waals surface area (Å²) in [6.07, 6.45) is 3.63. The van der Waals surface area contributed by atoms with Crippen molar-refractivity contribution < 1.29 is 9.84 Å². The predicted molar refractivity (Wildman–Crippen MR) is 69.6 cm³/mol. The van der Waals surface area contributed by atoms with Gasteiger partial charge in [-0.25, -0.2) is 0 Å². The van der Waals surface area contributed by atoms with E-state index in [-0.39, 0.29) is 6.61 Å². The molecular formula is C12H21N3O2. The normalized spacial score (nSPS) is 10.3. The third kappa shape index (κ3) is 5.01. The molecule has 17 heavy (non-hydrogen) atoms. The molecule has 0 spiro atoms. The smallest absolute Gasteiger partial charge is 0.0698 e. The Morgan fingerprint density at radius 1 is 1.41 bits per heavy atom. The second-order valence-electron chi connectivity index (χ2n) is 3.72. The molecule has 0 radical (unpaired) electrons. The fourth-order valence-electron chi connectivity index (χ4n) is 1.43. The zero-order valence-electron chi connectivity index (χ0n) is 10.5. The van der Waals surface area contributed by atoms with Crippen molar-refractivity contribution in [3.8, 4) is 0 Å². The van der Waals surface area contributed by atoms with Gasteiger partial charge in [0.25, 0.3) is 0 Å². The number of hydrogen-bond donors (Lipinski definition) is 2. The molecule has 0 fully saturated rings. The molecule has 1 heterocycles. The number of rotatable bonds is 8. The molecule has 0 amide bonds. The lowest BCUT2D eigenvalue weighted by molar-refractivity contribution is 0.0971. The minimum atomic E-state index is 0.0706. The predicted octanol–water partition coefficient (Wildman–Crippen LogP) is 0.958. The van der Waals surface area contributed by atoms with Gasteiger partial charge in [-0.2, -0.15) is 0 Å². The molecule has 96 valence electrons. The van der Waals surface area contributed by atoms with Gasteiger partial charge in [0.2, 0.25) is 0 Å². The van der Waals surface area contributed by atoms with Crippen molar-refractivity contribution >= 4 is 11.4 Å². The van der Waals surface area contributed by atoms with Crippen LogP contribution in [0.4, 0.5) is 11.4 Å². The number of nitrogens with zero attached hydrogens (tertiary/aromatic N) is 2. The topological polar surface area (TPSA) is 57.6 Å². The van der Waals surface area contributed by atoms with E-state index in [0.717, 1.165) is 24.5 Å². The second-order valence-corrected chi connectivity index (χ2v) is 3.72. The van der Waals surface area contributed by atoms with E-state index in [2.05, 4.69) is 28.2 Å². The molecule has 5 heteroatoms. The highest BCUT2D eigenvalue weighted by molar-refractivity contribution is 5.55. The van der Waals surface area contributed by atoms with Gasteiger partial charge >= 0.3 is 0 Å². The molecule has 0 aromatic carbocycles. The third-order valence-electron chi connectivity index (χ3n) is 2.35. The highest BCUT2D eigenvalue weighted by atomic mass is 16.5. The lowest BCUT2D eigenvalue weighted by Gasteiger charge is -2.19. The van der Waals surface area contributed by atoms with E-state index in [1.165, 1.54) is 0 Å². The Morgan fingerprint density at radius 2 is 2.24 bits per heavy atom. The van der Waals surface area contributed by atoms with Gasteiger partial charge in [-0.3, -0.25) is 4.98 Å². The Labute approximate surface area is 102 Å². The Balaban J connectivity index is 2.44. The van der Waals surface area contributed by atoms with Crippen LogP contribution in [0, 0.1) is 0 Å². The summed E-state index contributed by atoms with van der Waals surface area (Å²) in [5.41, 5.74) is 2.07. The van der Waals surface area contributed by atoms with Crippen molar-refractivity contribution in [2.45, 2.75) is 6.92 Å². The van der Waals surface area contributed by atoms with Crippen LogP contribution in [-0.2, 0) is 4.74 Å². The lowest BCUT2D eigenvalue weighted by Crippen LogP contribution is -2.23. The third-order valence-corrected chi connectivity index (χ3v) is 2.35. The van der Waals surface area contributed by atoms with E-state index in [1.807, 2.05) is 19.4 Å². The zero-order chi connectivity index (χ0) is 12.5. The summed E-state index contributed by atoms with van der Waals surface area (Å²) in [4.78, 5) is 6.26. The SMILES string of the molecule is CCNc1cncc(N(C)CCOCCO)c1. The molecule has 1 aromatic rings. The molecule has 0 saturated heterocycles. The number of aromatic nitrogens is 1. The van der Waals surface area contributed by atoms with Crippen LogP contribution in [0.2, 0.25) is 0 Å². The van der Waals surface area contributed by atoms with Crippen molar-refractivity contribution in [1.82, 2.24) is 4.98 Å². The van der Waals surface area contributed by atoms with Gasteiger partial charge in [-0.05, 0) is 13.0 Å². The number of anilines is 2. The van der Waals surface area contributed by atoms with Gasteiger partial charge in [0.05, 0.1) is 43.6 Å². The number of nitrogens with one attached hydrogen (secondary N) is 1. The fraction of sp³-hybridized carbons (Fsp3) is 0.583. The minimum absolute atomic E-state index is 0.0706. The summed E-state index contributed by atoms with van der Waals surface area (Å²) in [6.45, 7) is 4.78. The number of ether oxygens (including phenoxy) is 1. The van der Waals surface area contributed by atoms with E-state index in [1.54, 1.807) is 0 Å². The summed E-state index contributed by atoms with van der Waals surface area (Å²) in [5.74, 6) is 0. The van der Waals surface area contributed by atoms with Crippen LogP contribution in [0.3, 0.4) is 0 Å². The van der Waals surface area contributed by atoms with Gasteiger partial charge in [0.1, 0.15) is 0 Å². The summed E-state index contributed by atoms with van der Waals surface area (Å²) in [5, 5.41) is 11.8. The van der Waals surface area contributed by atoms with E-state index in [0.29, 0.717) is 13.2 Å². The Kier molecular flexibility index (Phi) is 6.35. The van der Waals surface area contributed by atoms with E-state index < -0.39 is 0 Å². The maximum absolute atomic E-state index is 8.59. The van der Waals surface area contributed by atoms with E-state index >= 15 is 0 Å². The van der Waals surface area contributed by atoms with Gasteiger partial charge in [0.15, 0.2) is 0 Å². The van der Waals surface area contributed by atoms with Crippen LogP contribution in [-0.4, -0.2) is 50.0 Å². The van der Waals surface area contributed by atoms with Crippen LogP contribution >= 0.6 is 0 Å². The summed E-state index contributed by atoms with van der Waals surface area (Å²) in [6, 6.07) is 2.06. The molecular weight excluding hydrogens is 218 g/mol. The molecule has 1 rings (SSSR count).